The van der Waals surface area contributed by atoms with Crippen molar-refractivity contribution in [2.24, 2.45) is 0 Å². The number of rotatable bonds is 3. The Bertz CT molecular complexity index is 893. The van der Waals surface area contributed by atoms with E-state index < -0.39 is 0 Å². The van der Waals surface area contributed by atoms with Crippen molar-refractivity contribution >= 4 is 17.5 Å². The molecule has 1 aliphatic rings. The number of hydrogen-bond acceptors (Lipinski definition) is 3. The Morgan fingerprint density at radius 3 is 2.69 bits per heavy atom. The molecule has 132 valence electrons. The lowest BCUT2D eigenvalue weighted by Gasteiger charge is -2.33. The van der Waals surface area contributed by atoms with E-state index in [0.29, 0.717) is 30.4 Å². The number of H-pyrrole nitrogens is 1. The van der Waals surface area contributed by atoms with Crippen molar-refractivity contribution < 1.29 is 9.53 Å². The molecular formula is C20H18ClN3O2. The highest BCUT2D eigenvalue weighted by atomic mass is 35.5. The largest absolute Gasteiger partial charge is 0.370 e. The molecule has 0 unspecified atom stereocenters. The maximum absolute atomic E-state index is 12.9. The summed E-state index contributed by atoms with van der Waals surface area (Å²) in [5.74, 6) is -0.0676. The average molecular weight is 368 g/mol. The number of carbonyl (C=O) groups excluding carboxylic acids is 1. The van der Waals surface area contributed by atoms with E-state index in [4.69, 9.17) is 16.3 Å². The van der Waals surface area contributed by atoms with Gasteiger partial charge in [0.05, 0.1) is 18.8 Å². The number of amides is 1. The van der Waals surface area contributed by atoms with E-state index >= 15 is 0 Å². The molecule has 1 fully saturated rings. The lowest BCUT2D eigenvalue weighted by Crippen LogP contribution is -2.42. The van der Waals surface area contributed by atoms with Crippen LogP contribution in [-0.4, -0.2) is 40.7 Å². The second-order valence-corrected chi connectivity index (χ2v) is 6.63. The summed E-state index contributed by atoms with van der Waals surface area (Å²) in [7, 11) is 0. The minimum Gasteiger partial charge on any atom is -0.370 e. The first kappa shape index (κ1) is 16.8. The number of aromatic amines is 1. The second kappa shape index (κ2) is 7.32. The van der Waals surface area contributed by atoms with Crippen LogP contribution < -0.4 is 0 Å². The van der Waals surface area contributed by atoms with E-state index in [1.165, 1.54) is 0 Å². The maximum atomic E-state index is 12.9. The zero-order valence-electron chi connectivity index (χ0n) is 14.1. The molecule has 1 saturated heterocycles. The van der Waals surface area contributed by atoms with Crippen LogP contribution in [0.1, 0.15) is 22.2 Å². The quantitative estimate of drug-likeness (QED) is 0.762. The van der Waals surface area contributed by atoms with Gasteiger partial charge in [-0.2, -0.15) is 5.10 Å². The number of aromatic nitrogens is 2. The van der Waals surface area contributed by atoms with Crippen molar-refractivity contribution in [1.29, 1.82) is 0 Å². The fraction of sp³-hybridized carbons (Fsp3) is 0.200. The Kier molecular flexibility index (Phi) is 4.73. The number of nitrogens with zero attached hydrogens (tertiary/aromatic N) is 2. The SMILES string of the molecule is O=C(c1cc(-c2ccccc2)n[nH]1)N1CCO[C@H](c2ccc(Cl)cc2)C1. The van der Waals surface area contributed by atoms with Crippen LogP contribution in [0, 0.1) is 0 Å². The Hall–Kier alpha value is -2.63. The first-order valence-corrected chi connectivity index (χ1v) is 8.86. The third kappa shape index (κ3) is 3.49. The van der Waals surface area contributed by atoms with Crippen molar-refractivity contribution in [3.05, 3.63) is 76.9 Å². The van der Waals surface area contributed by atoms with Crippen LogP contribution >= 0.6 is 11.6 Å². The molecule has 0 saturated carbocycles. The Balaban J connectivity index is 1.49. The molecule has 5 nitrogen and oxygen atoms in total. The average Bonchev–Trinajstić information content (AvgIpc) is 3.19. The molecule has 2 aromatic carbocycles. The van der Waals surface area contributed by atoms with Crippen LogP contribution in [-0.2, 0) is 4.74 Å². The molecule has 0 aliphatic carbocycles. The molecule has 1 aliphatic heterocycles. The van der Waals surface area contributed by atoms with E-state index in [-0.39, 0.29) is 12.0 Å². The van der Waals surface area contributed by atoms with E-state index in [2.05, 4.69) is 10.2 Å². The van der Waals surface area contributed by atoms with E-state index in [1.54, 1.807) is 11.0 Å². The number of benzene rings is 2. The molecule has 3 aromatic rings. The van der Waals surface area contributed by atoms with Crippen LogP contribution in [0.25, 0.3) is 11.3 Å². The van der Waals surface area contributed by atoms with Crippen LogP contribution in [0.2, 0.25) is 5.02 Å². The normalized spacial score (nSPS) is 17.3. The third-order valence-corrected chi connectivity index (χ3v) is 4.73. The van der Waals surface area contributed by atoms with Gasteiger partial charge >= 0.3 is 0 Å². The minimum atomic E-state index is -0.151. The van der Waals surface area contributed by atoms with Gasteiger partial charge in [0, 0.05) is 17.1 Å². The number of morpholine rings is 1. The zero-order valence-corrected chi connectivity index (χ0v) is 14.8. The smallest absolute Gasteiger partial charge is 0.272 e. The number of nitrogens with one attached hydrogen (secondary N) is 1. The van der Waals surface area contributed by atoms with Crippen molar-refractivity contribution in [2.45, 2.75) is 6.10 Å². The molecular weight excluding hydrogens is 350 g/mol. The monoisotopic (exact) mass is 367 g/mol. The fourth-order valence-electron chi connectivity index (χ4n) is 3.07. The Labute approximate surface area is 156 Å². The highest BCUT2D eigenvalue weighted by molar-refractivity contribution is 6.30. The summed E-state index contributed by atoms with van der Waals surface area (Å²) in [6, 6.07) is 19.1. The number of carbonyl (C=O) groups is 1. The lowest BCUT2D eigenvalue weighted by molar-refractivity contribution is -0.0230. The predicted molar refractivity (Wildman–Crippen MR) is 100 cm³/mol. The van der Waals surface area contributed by atoms with Crippen LogP contribution in [0.5, 0.6) is 0 Å². The topological polar surface area (TPSA) is 58.2 Å². The van der Waals surface area contributed by atoms with Gasteiger partial charge in [0.1, 0.15) is 11.8 Å². The summed E-state index contributed by atoms with van der Waals surface area (Å²) in [5.41, 5.74) is 3.24. The van der Waals surface area contributed by atoms with Crippen molar-refractivity contribution in [3.8, 4) is 11.3 Å². The van der Waals surface area contributed by atoms with E-state index in [1.807, 2.05) is 54.6 Å². The molecule has 0 radical (unpaired) electrons. The van der Waals surface area contributed by atoms with Gasteiger partial charge < -0.3 is 9.64 Å². The molecule has 6 heteroatoms. The molecule has 1 N–H and O–H groups in total. The standard InChI is InChI=1S/C20H18ClN3O2/c21-16-8-6-15(7-9-16)19-13-24(10-11-26-19)20(25)18-12-17(22-23-18)14-4-2-1-3-5-14/h1-9,12,19H,10-11,13H2,(H,22,23)/t19-/m0/s1. The first-order valence-electron chi connectivity index (χ1n) is 8.48. The van der Waals surface area contributed by atoms with Gasteiger partial charge in [-0.15, -0.1) is 0 Å². The van der Waals surface area contributed by atoms with Gasteiger partial charge in [0.25, 0.3) is 5.91 Å². The summed E-state index contributed by atoms with van der Waals surface area (Å²) in [6.07, 6.45) is -0.151. The van der Waals surface area contributed by atoms with Crippen molar-refractivity contribution in [3.63, 3.8) is 0 Å². The van der Waals surface area contributed by atoms with Gasteiger partial charge in [-0.25, -0.2) is 0 Å². The van der Waals surface area contributed by atoms with Gasteiger partial charge in [0.15, 0.2) is 0 Å². The maximum Gasteiger partial charge on any atom is 0.272 e. The zero-order chi connectivity index (χ0) is 17.9. The van der Waals surface area contributed by atoms with Crippen molar-refractivity contribution in [1.82, 2.24) is 15.1 Å². The number of ether oxygens (including phenoxy) is 1. The molecule has 1 aromatic heterocycles. The van der Waals surface area contributed by atoms with Gasteiger partial charge in [-0.1, -0.05) is 54.1 Å². The third-order valence-electron chi connectivity index (χ3n) is 4.47. The first-order chi connectivity index (χ1) is 12.7. The van der Waals surface area contributed by atoms with Gasteiger partial charge in [-0.3, -0.25) is 9.89 Å². The summed E-state index contributed by atoms with van der Waals surface area (Å²) in [5, 5.41) is 7.82. The summed E-state index contributed by atoms with van der Waals surface area (Å²) < 4.78 is 5.83. The molecule has 4 rings (SSSR count). The highest BCUT2D eigenvalue weighted by Gasteiger charge is 2.27. The van der Waals surface area contributed by atoms with Crippen LogP contribution in [0.15, 0.2) is 60.7 Å². The Morgan fingerprint density at radius 1 is 1.15 bits per heavy atom. The molecule has 0 spiro atoms. The lowest BCUT2D eigenvalue weighted by atomic mass is 10.1. The molecule has 0 bridgehead atoms. The summed E-state index contributed by atoms with van der Waals surface area (Å²) >= 11 is 5.95. The molecule has 1 atom stereocenters. The number of hydrogen-bond donors (Lipinski definition) is 1. The molecule has 26 heavy (non-hydrogen) atoms. The van der Waals surface area contributed by atoms with E-state index in [9.17, 15) is 4.79 Å². The Morgan fingerprint density at radius 2 is 1.92 bits per heavy atom. The minimum absolute atomic E-state index is 0.0676. The number of halogens is 1. The van der Waals surface area contributed by atoms with Crippen LogP contribution in [0.4, 0.5) is 0 Å². The molecule has 2 heterocycles. The fourth-order valence-corrected chi connectivity index (χ4v) is 3.20. The predicted octanol–water partition coefficient (Wildman–Crippen LogP) is 3.94. The van der Waals surface area contributed by atoms with Crippen LogP contribution in [0.3, 0.4) is 0 Å². The summed E-state index contributed by atoms with van der Waals surface area (Å²) in [4.78, 5) is 14.7. The second-order valence-electron chi connectivity index (χ2n) is 6.20. The van der Waals surface area contributed by atoms with E-state index in [0.717, 1.165) is 16.8 Å². The molecule has 1 amide bonds. The van der Waals surface area contributed by atoms with Crippen molar-refractivity contribution in [2.75, 3.05) is 19.7 Å². The van der Waals surface area contributed by atoms with Gasteiger partial charge in [0.2, 0.25) is 0 Å². The van der Waals surface area contributed by atoms with Gasteiger partial charge in [-0.05, 0) is 23.8 Å². The highest BCUT2D eigenvalue weighted by Crippen LogP contribution is 2.25. The summed E-state index contributed by atoms with van der Waals surface area (Å²) in [6.45, 7) is 1.56.